The van der Waals surface area contributed by atoms with E-state index in [0.717, 1.165) is 35.6 Å². The highest BCUT2D eigenvalue weighted by atomic mass is 35.5. The lowest BCUT2D eigenvalue weighted by Crippen LogP contribution is -2.38. The Labute approximate surface area is 193 Å². The van der Waals surface area contributed by atoms with Crippen molar-refractivity contribution < 1.29 is 9.53 Å². The first-order chi connectivity index (χ1) is 14.0. The molecular weight excluding hydrogens is 441 g/mol. The number of benzene rings is 2. The Balaban J connectivity index is 0.00000320. The van der Waals surface area contributed by atoms with Crippen molar-refractivity contribution in [2.75, 3.05) is 37.7 Å². The predicted octanol–water partition coefficient (Wildman–Crippen LogP) is 5.76. The smallest absolute Gasteiger partial charge is 0.260 e. The summed E-state index contributed by atoms with van der Waals surface area (Å²) in [5.41, 5.74) is 1.47. The number of fused-ring (bicyclic) bond motifs is 1. The number of halogens is 2. The molecule has 30 heavy (non-hydrogen) atoms. The fourth-order valence-corrected chi connectivity index (χ4v) is 4.22. The molecule has 0 saturated heterocycles. The highest BCUT2D eigenvalue weighted by Crippen LogP contribution is 2.32. The summed E-state index contributed by atoms with van der Waals surface area (Å²) in [5, 5.41) is 1.31. The summed E-state index contributed by atoms with van der Waals surface area (Å²) in [5.74, 6) is 0.742. The van der Waals surface area contributed by atoms with Crippen molar-refractivity contribution in [2.45, 2.75) is 20.8 Å². The largest absolute Gasteiger partial charge is 0.494 e. The molecule has 0 unspecified atom stereocenters. The molecule has 0 spiro atoms. The molecule has 3 rings (SSSR count). The molecule has 1 aromatic heterocycles. The third-order valence-corrected chi connectivity index (χ3v) is 6.05. The van der Waals surface area contributed by atoms with Crippen LogP contribution in [0.2, 0.25) is 5.02 Å². The third kappa shape index (κ3) is 5.85. The first-order valence-corrected chi connectivity index (χ1v) is 11.1. The van der Waals surface area contributed by atoms with Gasteiger partial charge in [0.1, 0.15) is 5.75 Å². The van der Waals surface area contributed by atoms with Crippen molar-refractivity contribution in [1.29, 1.82) is 0 Å². The number of likely N-dealkylation sites (N-methyl/N-ethyl adjacent to an activating group) is 1. The molecule has 0 radical (unpaired) electrons. The molecule has 0 aliphatic heterocycles. The number of carbonyl (C=O) groups excluding carboxylic acids is 1. The quantitative estimate of drug-likeness (QED) is 0.401. The summed E-state index contributed by atoms with van der Waals surface area (Å²) >= 11 is 7.50. The van der Waals surface area contributed by atoms with Gasteiger partial charge in [-0.2, -0.15) is 0 Å². The van der Waals surface area contributed by atoms with E-state index in [1.807, 2.05) is 25.1 Å². The van der Waals surface area contributed by atoms with Crippen LogP contribution in [0.15, 0.2) is 42.5 Å². The Kier molecular flexibility index (Phi) is 9.37. The fourth-order valence-electron chi connectivity index (χ4n) is 3.08. The fraction of sp³-hybridized carbons (Fsp3) is 0.364. The van der Waals surface area contributed by atoms with Crippen LogP contribution in [0.1, 0.15) is 31.1 Å². The highest BCUT2D eigenvalue weighted by Gasteiger charge is 2.22. The van der Waals surface area contributed by atoms with Gasteiger partial charge in [0.2, 0.25) is 0 Å². The van der Waals surface area contributed by atoms with E-state index in [2.05, 4.69) is 18.7 Å². The van der Waals surface area contributed by atoms with Crippen molar-refractivity contribution in [3.63, 3.8) is 0 Å². The third-order valence-electron chi connectivity index (χ3n) is 4.76. The van der Waals surface area contributed by atoms with Gasteiger partial charge in [0.05, 0.1) is 16.8 Å². The lowest BCUT2D eigenvalue weighted by molar-refractivity contribution is 0.0984. The maximum atomic E-state index is 13.3. The molecule has 0 bridgehead atoms. The van der Waals surface area contributed by atoms with E-state index in [1.165, 1.54) is 11.3 Å². The minimum Gasteiger partial charge on any atom is -0.494 e. The standard InChI is InChI=1S/C22H26ClN3O2S.ClH/c1-4-25(5-2)13-14-26(21(27)16-7-9-17(23)10-8-16)22-24-19-12-11-18(28-6-3)15-20(19)29-22;/h7-12,15H,4-6,13-14H2,1-3H3;1H. The van der Waals surface area contributed by atoms with Gasteiger partial charge in [-0.15, -0.1) is 12.4 Å². The van der Waals surface area contributed by atoms with Gasteiger partial charge in [-0.1, -0.05) is 36.8 Å². The molecule has 8 heteroatoms. The number of aromatic nitrogens is 1. The number of carbonyl (C=O) groups is 1. The predicted molar refractivity (Wildman–Crippen MR) is 129 cm³/mol. The SMILES string of the molecule is CCOc1ccc2nc(N(CCN(CC)CC)C(=O)c3ccc(Cl)cc3)sc2c1.Cl. The van der Waals surface area contributed by atoms with Crippen LogP contribution in [0.25, 0.3) is 10.2 Å². The van der Waals surface area contributed by atoms with E-state index < -0.39 is 0 Å². The second-order valence-corrected chi connectivity index (χ2v) is 8.00. The van der Waals surface area contributed by atoms with Crippen LogP contribution < -0.4 is 9.64 Å². The number of anilines is 1. The summed E-state index contributed by atoms with van der Waals surface area (Å²) in [6, 6.07) is 12.8. The lowest BCUT2D eigenvalue weighted by atomic mass is 10.2. The van der Waals surface area contributed by atoms with Crippen molar-refractivity contribution in [3.05, 3.63) is 53.1 Å². The first kappa shape index (κ1) is 24.4. The molecule has 0 atom stereocenters. The summed E-state index contributed by atoms with van der Waals surface area (Å²) in [6.45, 7) is 10.1. The van der Waals surface area contributed by atoms with Crippen LogP contribution in [0.5, 0.6) is 5.75 Å². The molecule has 0 saturated carbocycles. The second-order valence-electron chi connectivity index (χ2n) is 6.55. The molecular formula is C22H27Cl2N3O2S. The topological polar surface area (TPSA) is 45.7 Å². The second kappa shape index (κ2) is 11.5. The van der Waals surface area contributed by atoms with Gasteiger partial charge in [0.25, 0.3) is 5.91 Å². The highest BCUT2D eigenvalue weighted by molar-refractivity contribution is 7.22. The van der Waals surface area contributed by atoms with E-state index in [1.54, 1.807) is 29.2 Å². The maximum absolute atomic E-state index is 13.3. The van der Waals surface area contributed by atoms with Crippen molar-refractivity contribution >= 4 is 56.6 Å². The number of amides is 1. The molecule has 1 amide bonds. The Bertz CT molecular complexity index is 959. The van der Waals surface area contributed by atoms with E-state index in [9.17, 15) is 4.79 Å². The Hall–Kier alpha value is -1.86. The Morgan fingerprint density at radius 2 is 1.77 bits per heavy atom. The van der Waals surface area contributed by atoms with Crippen molar-refractivity contribution in [3.8, 4) is 5.75 Å². The average molecular weight is 468 g/mol. The minimum absolute atomic E-state index is 0. The van der Waals surface area contributed by atoms with Crippen LogP contribution >= 0.6 is 35.3 Å². The van der Waals surface area contributed by atoms with E-state index in [4.69, 9.17) is 21.3 Å². The van der Waals surface area contributed by atoms with Gasteiger partial charge in [0.15, 0.2) is 5.13 Å². The van der Waals surface area contributed by atoms with Gasteiger partial charge in [-0.3, -0.25) is 9.69 Å². The zero-order chi connectivity index (χ0) is 20.8. The maximum Gasteiger partial charge on any atom is 0.260 e. The van der Waals surface area contributed by atoms with Gasteiger partial charge < -0.3 is 9.64 Å². The summed E-state index contributed by atoms with van der Waals surface area (Å²) in [7, 11) is 0. The van der Waals surface area contributed by atoms with Crippen LogP contribution in [0.3, 0.4) is 0 Å². The lowest BCUT2D eigenvalue weighted by Gasteiger charge is -2.24. The minimum atomic E-state index is -0.0714. The molecule has 0 N–H and O–H groups in total. The van der Waals surface area contributed by atoms with E-state index in [-0.39, 0.29) is 18.3 Å². The van der Waals surface area contributed by atoms with Gasteiger partial charge in [0, 0.05) is 23.7 Å². The number of nitrogens with zero attached hydrogens (tertiary/aromatic N) is 3. The molecule has 1 heterocycles. The normalized spacial score (nSPS) is 10.8. The monoisotopic (exact) mass is 467 g/mol. The molecule has 162 valence electrons. The first-order valence-electron chi connectivity index (χ1n) is 9.88. The Morgan fingerprint density at radius 3 is 2.40 bits per heavy atom. The number of thiazole rings is 1. The summed E-state index contributed by atoms with van der Waals surface area (Å²) in [4.78, 5) is 22.1. The molecule has 0 fully saturated rings. The molecule has 2 aromatic carbocycles. The number of hydrogen-bond donors (Lipinski definition) is 0. The van der Waals surface area contributed by atoms with E-state index in [0.29, 0.717) is 28.9 Å². The average Bonchev–Trinajstić information content (AvgIpc) is 3.14. The number of hydrogen-bond acceptors (Lipinski definition) is 5. The summed E-state index contributed by atoms with van der Waals surface area (Å²) < 4.78 is 6.60. The van der Waals surface area contributed by atoms with Crippen LogP contribution in [-0.4, -0.2) is 48.6 Å². The number of rotatable bonds is 9. The van der Waals surface area contributed by atoms with Gasteiger partial charge in [-0.05, 0) is 62.5 Å². The van der Waals surface area contributed by atoms with Crippen LogP contribution in [0.4, 0.5) is 5.13 Å². The molecule has 5 nitrogen and oxygen atoms in total. The molecule has 3 aromatic rings. The Morgan fingerprint density at radius 1 is 1.07 bits per heavy atom. The summed E-state index contributed by atoms with van der Waals surface area (Å²) in [6.07, 6.45) is 0. The molecule has 0 aliphatic rings. The van der Waals surface area contributed by atoms with Crippen molar-refractivity contribution in [1.82, 2.24) is 9.88 Å². The van der Waals surface area contributed by atoms with Gasteiger partial charge >= 0.3 is 0 Å². The van der Waals surface area contributed by atoms with E-state index >= 15 is 0 Å². The van der Waals surface area contributed by atoms with Gasteiger partial charge in [-0.25, -0.2) is 4.98 Å². The zero-order valence-corrected chi connectivity index (χ0v) is 19.8. The van der Waals surface area contributed by atoms with Crippen LogP contribution in [0, 0.1) is 0 Å². The van der Waals surface area contributed by atoms with Crippen molar-refractivity contribution in [2.24, 2.45) is 0 Å². The van der Waals surface area contributed by atoms with Crippen LogP contribution in [-0.2, 0) is 0 Å². The number of ether oxygens (including phenoxy) is 1. The zero-order valence-electron chi connectivity index (χ0n) is 17.4. The molecule has 0 aliphatic carbocycles.